The number of hydrogen-bond acceptors (Lipinski definition) is 21. The average molecular weight is 1640 g/mol. The topological polar surface area (TPSA) is 236 Å². The summed E-state index contributed by atoms with van der Waals surface area (Å²) in [5.41, 5.74) is 8.13. The summed E-state index contributed by atoms with van der Waals surface area (Å²) in [6, 6.07) is 16.4. The Morgan fingerprint density at radius 2 is 0.730 bits per heavy atom. The van der Waals surface area contributed by atoms with Crippen LogP contribution in [0.5, 0.6) is 23.0 Å². The number of carbonyl (C=O) groups is 4. The highest BCUT2D eigenvalue weighted by Gasteiger charge is 2.34. The third-order valence-corrected chi connectivity index (χ3v) is 18.0. The largest absolute Gasteiger partial charge is 0.489 e. The molecular formula is C93H165FO21. The molecule has 0 aliphatic rings. The molecule has 5 atom stereocenters. The van der Waals surface area contributed by atoms with Crippen LogP contribution in [0, 0.1) is 37.5 Å². The highest BCUT2D eigenvalue weighted by Crippen LogP contribution is 2.40. The van der Waals surface area contributed by atoms with Gasteiger partial charge in [0.15, 0.2) is 0 Å². The number of aryl methyl sites for hydroxylation is 3. The Morgan fingerprint density at radius 1 is 0.409 bits per heavy atom. The molecule has 670 valence electrons. The predicted octanol–water partition coefficient (Wildman–Crippen LogP) is 21.9. The number of alkyl halides is 1. The molecule has 1 N–H and O–H groups in total. The van der Waals surface area contributed by atoms with Gasteiger partial charge in [-0.1, -0.05) is 153 Å². The molecule has 0 saturated carbocycles. The third kappa shape index (κ3) is 43.7. The van der Waals surface area contributed by atoms with E-state index in [4.69, 9.17) is 75.8 Å². The minimum atomic E-state index is -1.98. The number of halogens is 1. The van der Waals surface area contributed by atoms with Gasteiger partial charge < -0.3 is 80.9 Å². The number of rotatable bonds is 43. The number of hydrogen-bond donors (Lipinski definition) is 1. The summed E-state index contributed by atoms with van der Waals surface area (Å²) in [7, 11) is 6.67. The van der Waals surface area contributed by atoms with Gasteiger partial charge >= 0.3 is 23.9 Å². The Bertz CT molecular complexity index is 3190. The van der Waals surface area contributed by atoms with Crippen LogP contribution in [0.15, 0.2) is 48.5 Å². The Hall–Kier alpha value is -6.47. The first-order valence-electron chi connectivity index (χ1n) is 38.5. The van der Waals surface area contributed by atoms with E-state index in [-0.39, 0.29) is 151 Å². The van der Waals surface area contributed by atoms with Crippen molar-refractivity contribution < 1.29 is 104 Å². The van der Waals surface area contributed by atoms with Gasteiger partial charge in [-0.05, 0) is 166 Å². The lowest BCUT2D eigenvalue weighted by atomic mass is 9.83. The summed E-state index contributed by atoms with van der Waals surface area (Å²) in [6.07, 6.45) is 1.80. The second kappa shape index (κ2) is 59.2. The standard InChI is InChI=1S/C24H39FO5.C23H38O5.C21H34O6.C19H30O5.6CH4/c1-10-24(9,25)21(26)28-12-11-27-20-18(15-29-22(3,4)5)13-17(2)14-19(20)16-30-23(6,7)8;1-10-15(2)22(24)28-12-11-27-21-19(16(3)25-8)13-18(23(5,6)7)14-20(21)17(4)26-9;1-6-21(5,15-22)20(23)27-10-9-26-19-17(13-24-7-2)11-16(4)12-18(19)14-25-8-3;1-7-19(3,4)18(20)24-9-8-23-17-15(12-21-5)10-14(2)11-16(17)13-22-6;;;;;;/h13-14H,10-12,15-16H2,1-9H3;13-17H,10-12H2,1-9H3;11-12,22H,6-10,13-15H2,1-5H3;10-11H,7-9,12-13H2,1-6H3;6*1H4. The number of aliphatic hydroxyl groups excluding tert-OH is 1. The fourth-order valence-electron chi connectivity index (χ4n) is 10.00. The molecule has 0 aliphatic carbocycles. The van der Waals surface area contributed by atoms with Crippen molar-refractivity contribution in [1.82, 2.24) is 0 Å². The first kappa shape index (κ1) is 119. The van der Waals surface area contributed by atoms with Crippen LogP contribution in [0.3, 0.4) is 0 Å². The van der Waals surface area contributed by atoms with Crippen LogP contribution in [0.4, 0.5) is 4.39 Å². The summed E-state index contributed by atoms with van der Waals surface area (Å²) in [5, 5.41) is 9.39. The van der Waals surface area contributed by atoms with Gasteiger partial charge in [-0.15, -0.1) is 0 Å². The van der Waals surface area contributed by atoms with Crippen LogP contribution >= 0.6 is 0 Å². The minimum Gasteiger partial charge on any atom is -0.489 e. The highest BCUT2D eigenvalue weighted by atomic mass is 19.1. The zero-order chi connectivity index (χ0) is 83.1. The van der Waals surface area contributed by atoms with Crippen molar-refractivity contribution in [2.75, 3.05) is 101 Å². The molecule has 0 saturated heterocycles. The number of benzene rings is 4. The van der Waals surface area contributed by atoms with Gasteiger partial charge in [0.1, 0.15) is 75.9 Å². The Morgan fingerprint density at radius 3 is 1.02 bits per heavy atom. The van der Waals surface area contributed by atoms with Gasteiger partial charge in [-0.25, -0.2) is 9.18 Å². The summed E-state index contributed by atoms with van der Waals surface area (Å²) in [5.74, 6) is 1.10. The molecule has 0 fully saturated rings. The normalized spacial score (nSPS) is 12.9. The summed E-state index contributed by atoms with van der Waals surface area (Å²) in [6.45, 7) is 53.4. The lowest BCUT2D eigenvalue weighted by Crippen LogP contribution is -2.33. The molecule has 5 unspecified atom stereocenters. The van der Waals surface area contributed by atoms with Crippen molar-refractivity contribution in [2.45, 2.75) is 317 Å². The molecule has 0 amide bonds. The van der Waals surface area contributed by atoms with E-state index in [0.717, 1.165) is 91.3 Å². The van der Waals surface area contributed by atoms with E-state index in [0.29, 0.717) is 71.6 Å². The quantitative estimate of drug-likeness (QED) is 0.0246. The van der Waals surface area contributed by atoms with Gasteiger partial charge in [0.05, 0.1) is 86.4 Å². The lowest BCUT2D eigenvalue weighted by molar-refractivity contribution is -0.158. The van der Waals surface area contributed by atoms with Crippen molar-refractivity contribution in [1.29, 1.82) is 0 Å². The van der Waals surface area contributed by atoms with E-state index >= 15 is 0 Å². The smallest absolute Gasteiger partial charge is 0.343 e. The summed E-state index contributed by atoms with van der Waals surface area (Å²) in [4.78, 5) is 47.8. The van der Waals surface area contributed by atoms with Gasteiger partial charge in [0, 0.05) is 86.2 Å². The molecule has 21 nitrogen and oxygen atoms in total. The maximum Gasteiger partial charge on any atom is 0.343 e. The summed E-state index contributed by atoms with van der Waals surface area (Å²) >= 11 is 0. The molecule has 0 bridgehead atoms. The number of carbonyl (C=O) groups excluding carboxylic acids is 4. The van der Waals surface area contributed by atoms with Crippen molar-refractivity contribution in [3.8, 4) is 23.0 Å². The third-order valence-electron chi connectivity index (χ3n) is 18.0. The van der Waals surface area contributed by atoms with Crippen LogP contribution in [-0.4, -0.2) is 147 Å². The van der Waals surface area contributed by atoms with Crippen LogP contribution < -0.4 is 18.9 Å². The molecule has 4 rings (SSSR count). The molecule has 0 spiro atoms. The summed E-state index contributed by atoms with van der Waals surface area (Å²) < 4.78 is 104. The highest BCUT2D eigenvalue weighted by molar-refractivity contribution is 5.79. The van der Waals surface area contributed by atoms with Crippen molar-refractivity contribution in [2.24, 2.45) is 16.7 Å². The monoisotopic (exact) mass is 1640 g/mol. The van der Waals surface area contributed by atoms with Crippen molar-refractivity contribution in [3.63, 3.8) is 0 Å². The van der Waals surface area contributed by atoms with E-state index in [9.17, 15) is 28.7 Å². The van der Waals surface area contributed by atoms with E-state index in [1.54, 1.807) is 42.3 Å². The van der Waals surface area contributed by atoms with Gasteiger partial charge in [0.25, 0.3) is 0 Å². The second-order valence-electron chi connectivity index (χ2n) is 31.3. The van der Waals surface area contributed by atoms with Crippen molar-refractivity contribution in [3.05, 3.63) is 115 Å². The minimum absolute atomic E-state index is 0. The molecular weight excluding hydrogens is 1470 g/mol. The number of aliphatic hydroxyl groups is 1. The lowest BCUT2D eigenvalue weighted by Gasteiger charge is -2.27. The van der Waals surface area contributed by atoms with Crippen LogP contribution in [0.25, 0.3) is 0 Å². The van der Waals surface area contributed by atoms with Gasteiger partial charge in [0.2, 0.25) is 5.67 Å². The van der Waals surface area contributed by atoms with Crippen LogP contribution in [-0.2, 0) is 121 Å². The second-order valence-corrected chi connectivity index (χ2v) is 31.3. The van der Waals surface area contributed by atoms with E-state index in [1.165, 1.54) is 12.5 Å². The SMILES string of the molecule is C.C.C.C.C.C.CCC(C)(C)C(=O)OCCOc1c(COC)cc(C)cc1COC.CCC(C)(F)C(=O)OCCOc1c(COC(C)(C)C)cc(C)cc1COC(C)(C)C.CCC(C)C(=O)OCCOc1c(C(C)OC)cc(C(C)(C)C)cc1C(C)OC.CCOCc1cc(C)cc(COCC)c1OCCOC(=O)C(C)(CC)CO. The molecule has 0 aliphatic heterocycles. The molecule has 0 heterocycles. The number of esters is 4. The molecule has 4 aromatic carbocycles. The Labute approximate surface area is 698 Å². The van der Waals surface area contributed by atoms with E-state index < -0.39 is 28.4 Å². The van der Waals surface area contributed by atoms with E-state index in [2.05, 4.69) is 32.9 Å². The van der Waals surface area contributed by atoms with E-state index in [1.807, 2.05) is 168 Å². The number of methoxy groups -OCH3 is 4. The number of ether oxygens (including phenoxy) is 16. The molecule has 115 heavy (non-hydrogen) atoms. The predicted molar refractivity (Wildman–Crippen MR) is 466 cm³/mol. The molecule has 0 aromatic heterocycles. The first-order valence-corrected chi connectivity index (χ1v) is 38.5. The Balaban J connectivity index is -0.000000339. The molecule has 4 aromatic rings. The zero-order valence-corrected chi connectivity index (χ0v) is 72.2. The van der Waals surface area contributed by atoms with Gasteiger partial charge in [-0.3, -0.25) is 14.4 Å². The van der Waals surface area contributed by atoms with Gasteiger partial charge in [-0.2, -0.15) is 0 Å². The average Bonchev–Trinajstić information content (AvgIpc) is 0.788. The maximum absolute atomic E-state index is 14.0. The zero-order valence-electron chi connectivity index (χ0n) is 72.2. The van der Waals surface area contributed by atoms with Crippen molar-refractivity contribution >= 4 is 23.9 Å². The molecule has 0 radical (unpaired) electrons. The fourth-order valence-corrected chi connectivity index (χ4v) is 10.00. The first-order chi connectivity index (χ1) is 51.0. The maximum atomic E-state index is 14.0. The Kier molecular flexibility index (Phi) is 61.5. The molecule has 22 heteroatoms. The van der Waals surface area contributed by atoms with Crippen LogP contribution in [0.2, 0.25) is 0 Å². The fraction of sp³-hybridized carbons (Fsp3) is 0.699. The van der Waals surface area contributed by atoms with Crippen LogP contribution in [0.1, 0.15) is 302 Å².